The first-order valence-electron chi connectivity index (χ1n) is 9.88. The van der Waals surface area contributed by atoms with E-state index >= 15 is 0 Å². The molecule has 1 amide bonds. The Morgan fingerprint density at radius 1 is 1.21 bits per heavy atom. The Labute approximate surface area is 180 Å². The maximum absolute atomic E-state index is 12.4. The van der Waals surface area contributed by atoms with Crippen molar-refractivity contribution in [1.29, 1.82) is 0 Å². The third kappa shape index (κ3) is 6.47. The van der Waals surface area contributed by atoms with Crippen molar-refractivity contribution in [1.82, 2.24) is 0 Å². The van der Waals surface area contributed by atoms with Crippen LogP contribution in [0.5, 0.6) is 11.5 Å². The summed E-state index contributed by atoms with van der Waals surface area (Å²) in [5, 5.41) is 2.87. The first-order valence-corrected chi connectivity index (χ1v) is 10.7. The van der Waals surface area contributed by atoms with Gasteiger partial charge < -0.3 is 19.5 Å². The highest BCUT2D eigenvalue weighted by Gasteiger charge is 2.20. The zero-order valence-electron chi connectivity index (χ0n) is 17.2. The second-order valence-corrected chi connectivity index (χ2v) is 9.12. The van der Waals surface area contributed by atoms with Crippen molar-refractivity contribution in [2.24, 2.45) is 0 Å². The number of amides is 1. The van der Waals surface area contributed by atoms with Crippen molar-refractivity contribution in [3.63, 3.8) is 0 Å². The summed E-state index contributed by atoms with van der Waals surface area (Å²) in [6.07, 6.45) is 2.27. The summed E-state index contributed by atoms with van der Waals surface area (Å²) in [4.78, 5) is 12.4. The van der Waals surface area contributed by atoms with Crippen LogP contribution in [0.2, 0.25) is 0 Å². The molecule has 1 aliphatic heterocycles. The first-order chi connectivity index (χ1) is 13.8. The van der Waals surface area contributed by atoms with E-state index in [2.05, 4.69) is 42.0 Å². The summed E-state index contributed by atoms with van der Waals surface area (Å²) >= 11 is 3.50. The Bertz CT molecular complexity index is 841. The molecule has 0 saturated carbocycles. The van der Waals surface area contributed by atoms with Gasteiger partial charge in [0, 0.05) is 28.4 Å². The molecule has 1 unspecified atom stereocenters. The largest absolute Gasteiger partial charge is 0.491 e. The molecule has 1 atom stereocenters. The molecule has 0 aromatic heterocycles. The standard InChI is InChI=1S/C23H28BrNO4/c1-23(2,3)20-12-16(24)9-10-21(20)29-15-22(26)25-17-6-4-7-18(13-17)28-14-19-8-5-11-27-19/h4,6-7,9-10,12-13,19H,5,8,11,14-15H2,1-3H3,(H,25,26). The van der Waals surface area contributed by atoms with E-state index < -0.39 is 0 Å². The fourth-order valence-electron chi connectivity index (χ4n) is 3.18. The van der Waals surface area contributed by atoms with Crippen molar-refractivity contribution >= 4 is 27.5 Å². The Balaban J connectivity index is 1.55. The highest BCUT2D eigenvalue weighted by Crippen LogP contribution is 2.33. The second kappa shape index (κ2) is 9.63. The third-order valence-electron chi connectivity index (χ3n) is 4.69. The fourth-order valence-corrected chi connectivity index (χ4v) is 3.54. The zero-order chi connectivity index (χ0) is 20.9. The van der Waals surface area contributed by atoms with Gasteiger partial charge in [0.15, 0.2) is 6.61 Å². The number of carbonyl (C=O) groups is 1. The average molecular weight is 462 g/mol. The van der Waals surface area contributed by atoms with Crippen LogP contribution in [0, 0.1) is 0 Å². The van der Waals surface area contributed by atoms with Crippen LogP contribution in [0.4, 0.5) is 5.69 Å². The van der Waals surface area contributed by atoms with Crippen molar-refractivity contribution in [3.8, 4) is 11.5 Å². The normalized spacial score (nSPS) is 16.5. The summed E-state index contributed by atoms with van der Waals surface area (Å²) in [6.45, 7) is 7.61. The molecule has 0 aliphatic carbocycles. The monoisotopic (exact) mass is 461 g/mol. The highest BCUT2D eigenvalue weighted by atomic mass is 79.9. The van der Waals surface area contributed by atoms with E-state index in [1.165, 1.54) is 0 Å². The molecule has 1 saturated heterocycles. The number of ether oxygens (including phenoxy) is 3. The summed E-state index contributed by atoms with van der Waals surface area (Å²) in [5.41, 5.74) is 1.63. The van der Waals surface area contributed by atoms with E-state index in [0.29, 0.717) is 23.8 Å². The lowest BCUT2D eigenvalue weighted by molar-refractivity contribution is -0.118. The Hall–Kier alpha value is -2.05. The summed E-state index contributed by atoms with van der Waals surface area (Å²) in [7, 11) is 0. The Morgan fingerprint density at radius 2 is 2.03 bits per heavy atom. The van der Waals surface area contributed by atoms with Gasteiger partial charge in [-0.25, -0.2) is 0 Å². The molecule has 1 heterocycles. The third-order valence-corrected chi connectivity index (χ3v) is 5.18. The maximum Gasteiger partial charge on any atom is 0.262 e. The van der Waals surface area contributed by atoms with E-state index in [9.17, 15) is 4.79 Å². The molecule has 1 fully saturated rings. The summed E-state index contributed by atoms with van der Waals surface area (Å²) in [6, 6.07) is 13.2. The van der Waals surface area contributed by atoms with E-state index in [1.54, 1.807) is 0 Å². The van der Waals surface area contributed by atoms with Crippen molar-refractivity contribution in [2.45, 2.75) is 45.1 Å². The fraction of sp³-hybridized carbons (Fsp3) is 0.435. The van der Waals surface area contributed by atoms with Crippen molar-refractivity contribution < 1.29 is 19.0 Å². The lowest BCUT2D eigenvalue weighted by atomic mass is 9.86. The van der Waals surface area contributed by atoms with Gasteiger partial charge in [0.2, 0.25) is 0 Å². The first kappa shape index (κ1) is 21.7. The predicted octanol–water partition coefficient (Wildman–Crippen LogP) is 5.32. The Morgan fingerprint density at radius 3 is 2.76 bits per heavy atom. The van der Waals surface area contributed by atoms with Crippen LogP contribution in [0.1, 0.15) is 39.2 Å². The molecule has 2 aromatic carbocycles. The van der Waals surface area contributed by atoms with Gasteiger partial charge in [-0.05, 0) is 48.6 Å². The number of benzene rings is 2. The van der Waals surface area contributed by atoms with Crippen LogP contribution < -0.4 is 14.8 Å². The van der Waals surface area contributed by atoms with E-state index in [4.69, 9.17) is 14.2 Å². The molecule has 0 radical (unpaired) electrons. The molecule has 156 valence electrons. The number of nitrogens with one attached hydrogen (secondary N) is 1. The van der Waals surface area contributed by atoms with Crippen LogP contribution in [0.15, 0.2) is 46.9 Å². The summed E-state index contributed by atoms with van der Waals surface area (Å²) < 4.78 is 18.2. The number of halogens is 1. The van der Waals surface area contributed by atoms with Gasteiger partial charge in [-0.3, -0.25) is 4.79 Å². The van der Waals surface area contributed by atoms with E-state index in [-0.39, 0.29) is 24.0 Å². The van der Waals surface area contributed by atoms with Gasteiger partial charge in [0.05, 0.1) is 6.10 Å². The van der Waals surface area contributed by atoms with Crippen LogP contribution in [-0.4, -0.2) is 31.8 Å². The average Bonchev–Trinajstić information content (AvgIpc) is 3.18. The molecule has 29 heavy (non-hydrogen) atoms. The van der Waals surface area contributed by atoms with Gasteiger partial charge in [-0.1, -0.05) is 42.8 Å². The minimum Gasteiger partial charge on any atom is -0.491 e. The molecule has 5 nitrogen and oxygen atoms in total. The molecule has 2 aromatic rings. The predicted molar refractivity (Wildman–Crippen MR) is 118 cm³/mol. The van der Waals surface area contributed by atoms with Crippen molar-refractivity contribution in [2.75, 3.05) is 25.1 Å². The number of rotatable bonds is 7. The van der Waals surface area contributed by atoms with Crippen LogP contribution in [0.3, 0.4) is 0 Å². The minimum absolute atomic E-state index is 0.0638. The van der Waals surface area contributed by atoms with Gasteiger partial charge in [0.25, 0.3) is 5.91 Å². The molecule has 0 spiro atoms. The van der Waals surface area contributed by atoms with Gasteiger partial charge >= 0.3 is 0 Å². The molecule has 3 rings (SSSR count). The maximum atomic E-state index is 12.4. The Kier molecular flexibility index (Phi) is 7.19. The number of carbonyl (C=O) groups excluding carboxylic acids is 1. The number of hydrogen-bond acceptors (Lipinski definition) is 4. The quantitative estimate of drug-likeness (QED) is 0.605. The highest BCUT2D eigenvalue weighted by molar-refractivity contribution is 9.10. The van der Waals surface area contributed by atoms with Gasteiger partial charge in [-0.2, -0.15) is 0 Å². The van der Waals surface area contributed by atoms with Crippen LogP contribution in [-0.2, 0) is 14.9 Å². The van der Waals surface area contributed by atoms with Crippen molar-refractivity contribution in [3.05, 3.63) is 52.5 Å². The summed E-state index contributed by atoms with van der Waals surface area (Å²) in [5.74, 6) is 1.20. The number of hydrogen-bond donors (Lipinski definition) is 1. The zero-order valence-corrected chi connectivity index (χ0v) is 18.8. The van der Waals surface area contributed by atoms with E-state index in [0.717, 1.165) is 29.5 Å². The van der Waals surface area contributed by atoms with E-state index in [1.807, 2.05) is 42.5 Å². The van der Waals surface area contributed by atoms with Gasteiger partial charge in [-0.15, -0.1) is 0 Å². The van der Waals surface area contributed by atoms with Crippen LogP contribution in [0.25, 0.3) is 0 Å². The molecule has 0 bridgehead atoms. The molecular formula is C23H28BrNO4. The topological polar surface area (TPSA) is 56.8 Å². The molecular weight excluding hydrogens is 434 g/mol. The lowest BCUT2D eigenvalue weighted by Crippen LogP contribution is -2.22. The van der Waals surface area contributed by atoms with Gasteiger partial charge in [0.1, 0.15) is 18.1 Å². The SMILES string of the molecule is CC(C)(C)c1cc(Br)ccc1OCC(=O)Nc1cccc(OCC2CCCO2)c1. The molecule has 1 aliphatic rings. The number of anilines is 1. The lowest BCUT2D eigenvalue weighted by Gasteiger charge is -2.23. The second-order valence-electron chi connectivity index (χ2n) is 8.20. The molecule has 1 N–H and O–H groups in total. The van der Waals surface area contributed by atoms with Crippen LogP contribution >= 0.6 is 15.9 Å². The minimum atomic E-state index is -0.218. The smallest absolute Gasteiger partial charge is 0.262 e. The molecule has 6 heteroatoms.